The number of hydrogen-bond donors (Lipinski definition) is 2. The summed E-state index contributed by atoms with van der Waals surface area (Å²) in [6.07, 6.45) is 1.14. The van der Waals surface area contributed by atoms with E-state index in [1.807, 2.05) is 13.8 Å². The number of aliphatic hydroxyl groups is 2. The third kappa shape index (κ3) is 0.964. The monoisotopic (exact) mass is 282 g/mol. The fraction of sp³-hybridized carbons (Fsp3) is 0.933. The molecule has 2 spiro atoms. The fourth-order valence-corrected chi connectivity index (χ4v) is 5.40. The first kappa shape index (κ1) is 13.0. The van der Waals surface area contributed by atoms with E-state index in [4.69, 9.17) is 9.47 Å². The smallest absolute Gasteiger partial charge is 0.312 e. The summed E-state index contributed by atoms with van der Waals surface area (Å²) in [4.78, 5) is 12.1. The third-order valence-electron chi connectivity index (χ3n) is 6.47. The largest absolute Gasteiger partial charge is 0.452 e. The molecule has 20 heavy (non-hydrogen) atoms. The standard InChI is InChI=1S/C15H22O5/c1-8-9(16)19-14-7-11(2,3)10-15(14,20-10)12(4,17)5-6-13(8,14)18/h8,10,17-18H,5-7H2,1-4H3/t8-,10-,12+,13+,14+,15+/m1/s1. The number of ether oxygens (including phenoxy) is 2. The van der Waals surface area contributed by atoms with Crippen LogP contribution in [0.3, 0.4) is 0 Å². The predicted octanol–water partition coefficient (Wildman–Crippen LogP) is 0.761. The molecular weight excluding hydrogens is 260 g/mol. The number of carbonyl (C=O) groups is 1. The van der Waals surface area contributed by atoms with Gasteiger partial charge in [-0.25, -0.2) is 0 Å². The zero-order valence-electron chi connectivity index (χ0n) is 12.4. The number of epoxide rings is 1. The molecule has 0 amide bonds. The zero-order chi connectivity index (χ0) is 14.8. The van der Waals surface area contributed by atoms with Crippen LogP contribution in [0.1, 0.15) is 47.0 Å². The number of hydrogen-bond acceptors (Lipinski definition) is 5. The van der Waals surface area contributed by atoms with Crippen molar-refractivity contribution in [2.45, 2.75) is 75.5 Å². The summed E-state index contributed by atoms with van der Waals surface area (Å²) in [5.41, 5.74) is -4.60. The van der Waals surface area contributed by atoms with Crippen molar-refractivity contribution >= 4 is 5.97 Å². The Kier molecular flexibility index (Phi) is 1.92. The summed E-state index contributed by atoms with van der Waals surface area (Å²) >= 11 is 0. The minimum atomic E-state index is -1.24. The SMILES string of the molecule is C[C@@H]1C(=O)O[C@]23CC(C)(C)[C@H]4O[C@]42[C@@](C)(O)CC[C@]13O. The molecule has 4 aliphatic rings. The molecule has 0 unspecified atom stereocenters. The minimum absolute atomic E-state index is 0.171. The van der Waals surface area contributed by atoms with Crippen molar-refractivity contribution in [2.24, 2.45) is 11.3 Å². The first-order valence-corrected chi connectivity index (χ1v) is 7.40. The second-order valence-electron chi connectivity index (χ2n) is 8.07. The van der Waals surface area contributed by atoms with E-state index in [2.05, 4.69) is 0 Å². The lowest BCUT2D eigenvalue weighted by atomic mass is 9.58. The highest BCUT2D eigenvalue weighted by Crippen LogP contribution is 2.76. The molecule has 112 valence electrons. The van der Waals surface area contributed by atoms with Gasteiger partial charge in [0.2, 0.25) is 0 Å². The molecule has 2 saturated heterocycles. The topological polar surface area (TPSA) is 79.3 Å². The summed E-state index contributed by atoms with van der Waals surface area (Å²) in [6, 6.07) is 0. The molecule has 5 heteroatoms. The lowest BCUT2D eigenvalue weighted by molar-refractivity contribution is -0.244. The molecule has 4 rings (SSSR count). The molecule has 2 aliphatic heterocycles. The normalized spacial score (nSPS) is 62.4. The maximum absolute atomic E-state index is 12.1. The van der Waals surface area contributed by atoms with E-state index in [0.29, 0.717) is 19.3 Å². The van der Waals surface area contributed by atoms with Crippen LogP contribution >= 0.6 is 0 Å². The van der Waals surface area contributed by atoms with Crippen molar-refractivity contribution in [3.8, 4) is 0 Å². The number of carbonyl (C=O) groups excluding carboxylic acids is 1. The molecule has 0 aromatic heterocycles. The van der Waals surface area contributed by atoms with Gasteiger partial charge in [-0.3, -0.25) is 4.79 Å². The maximum atomic E-state index is 12.1. The highest BCUT2D eigenvalue weighted by Gasteiger charge is 2.94. The summed E-state index contributed by atoms with van der Waals surface area (Å²) in [6.45, 7) is 7.56. The van der Waals surface area contributed by atoms with E-state index in [1.165, 1.54) is 0 Å². The average molecular weight is 282 g/mol. The van der Waals surface area contributed by atoms with Crippen molar-refractivity contribution in [1.82, 2.24) is 0 Å². The Balaban J connectivity index is 1.97. The van der Waals surface area contributed by atoms with Gasteiger partial charge in [-0.1, -0.05) is 13.8 Å². The van der Waals surface area contributed by atoms with E-state index >= 15 is 0 Å². The van der Waals surface area contributed by atoms with E-state index in [9.17, 15) is 15.0 Å². The molecular formula is C15H22O5. The van der Waals surface area contributed by atoms with Crippen molar-refractivity contribution in [3.05, 3.63) is 0 Å². The van der Waals surface area contributed by atoms with Crippen LogP contribution in [-0.4, -0.2) is 44.7 Å². The Bertz CT molecular complexity index is 526. The Morgan fingerprint density at radius 1 is 1.20 bits per heavy atom. The van der Waals surface area contributed by atoms with E-state index in [-0.39, 0.29) is 17.5 Å². The van der Waals surface area contributed by atoms with Crippen LogP contribution in [0, 0.1) is 11.3 Å². The van der Waals surface area contributed by atoms with Crippen LogP contribution in [0.2, 0.25) is 0 Å². The fourth-order valence-electron chi connectivity index (χ4n) is 5.40. The van der Waals surface area contributed by atoms with Crippen LogP contribution in [0.5, 0.6) is 0 Å². The van der Waals surface area contributed by atoms with Crippen LogP contribution in [-0.2, 0) is 14.3 Å². The molecule has 2 heterocycles. The molecule has 5 nitrogen and oxygen atoms in total. The highest BCUT2D eigenvalue weighted by molar-refractivity contribution is 5.79. The second-order valence-corrected chi connectivity index (χ2v) is 8.07. The zero-order valence-corrected chi connectivity index (χ0v) is 12.4. The van der Waals surface area contributed by atoms with Crippen molar-refractivity contribution in [1.29, 1.82) is 0 Å². The van der Waals surface area contributed by atoms with Gasteiger partial charge in [0.15, 0.2) is 11.2 Å². The minimum Gasteiger partial charge on any atom is -0.452 e. The lowest BCUT2D eigenvalue weighted by Crippen LogP contribution is -2.71. The quantitative estimate of drug-likeness (QED) is 0.506. The summed E-state index contributed by atoms with van der Waals surface area (Å²) in [5.74, 6) is -0.953. The molecule has 4 fully saturated rings. The lowest BCUT2D eigenvalue weighted by Gasteiger charge is -2.52. The van der Waals surface area contributed by atoms with E-state index in [1.54, 1.807) is 13.8 Å². The molecule has 0 aromatic carbocycles. The summed E-state index contributed by atoms with van der Waals surface area (Å²) < 4.78 is 11.7. The van der Waals surface area contributed by atoms with E-state index < -0.39 is 28.3 Å². The third-order valence-corrected chi connectivity index (χ3v) is 6.47. The van der Waals surface area contributed by atoms with Gasteiger partial charge in [0.05, 0.1) is 17.6 Å². The second kappa shape index (κ2) is 2.94. The van der Waals surface area contributed by atoms with Crippen molar-refractivity contribution < 1.29 is 24.5 Å². The molecule has 0 aromatic rings. The number of rotatable bonds is 0. The van der Waals surface area contributed by atoms with Crippen LogP contribution in [0.15, 0.2) is 0 Å². The Labute approximate surface area is 118 Å². The highest BCUT2D eigenvalue weighted by atomic mass is 16.7. The van der Waals surface area contributed by atoms with Crippen LogP contribution in [0.4, 0.5) is 0 Å². The Hall–Kier alpha value is -0.650. The van der Waals surface area contributed by atoms with Crippen molar-refractivity contribution in [2.75, 3.05) is 0 Å². The van der Waals surface area contributed by atoms with Gasteiger partial charge in [-0.15, -0.1) is 0 Å². The van der Waals surface area contributed by atoms with Gasteiger partial charge in [0, 0.05) is 6.42 Å². The number of esters is 1. The van der Waals surface area contributed by atoms with Gasteiger partial charge < -0.3 is 19.7 Å². The van der Waals surface area contributed by atoms with Gasteiger partial charge in [0.1, 0.15) is 5.60 Å². The molecule has 6 atom stereocenters. The van der Waals surface area contributed by atoms with Gasteiger partial charge in [0.25, 0.3) is 0 Å². The summed E-state index contributed by atoms with van der Waals surface area (Å²) in [7, 11) is 0. The predicted molar refractivity (Wildman–Crippen MR) is 68.8 cm³/mol. The molecule has 2 N–H and O–H groups in total. The molecule has 2 saturated carbocycles. The van der Waals surface area contributed by atoms with Crippen LogP contribution in [0.25, 0.3) is 0 Å². The molecule has 0 bridgehead atoms. The first-order valence-electron chi connectivity index (χ1n) is 7.40. The van der Waals surface area contributed by atoms with Crippen LogP contribution < -0.4 is 0 Å². The first-order chi connectivity index (χ1) is 9.04. The Morgan fingerprint density at radius 2 is 1.85 bits per heavy atom. The van der Waals surface area contributed by atoms with Crippen molar-refractivity contribution in [3.63, 3.8) is 0 Å². The summed E-state index contributed by atoms with van der Waals surface area (Å²) in [5, 5.41) is 22.1. The van der Waals surface area contributed by atoms with Gasteiger partial charge in [-0.2, -0.15) is 0 Å². The molecule has 0 radical (unpaired) electrons. The maximum Gasteiger partial charge on any atom is 0.312 e. The average Bonchev–Trinajstić information content (AvgIpc) is 3.02. The van der Waals surface area contributed by atoms with Gasteiger partial charge >= 0.3 is 5.97 Å². The van der Waals surface area contributed by atoms with Gasteiger partial charge in [-0.05, 0) is 32.1 Å². The van der Waals surface area contributed by atoms with E-state index in [0.717, 1.165) is 0 Å². The molecule has 2 aliphatic carbocycles. The Morgan fingerprint density at radius 3 is 2.45 bits per heavy atom.